The quantitative estimate of drug-likeness (QED) is 0.805. The number of benzene rings is 1. The minimum absolute atomic E-state index is 0.473. The molecule has 0 radical (unpaired) electrons. The first-order valence-corrected chi connectivity index (χ1v) is 7.11. The van der Waals surface area contributed by atoms with Crippen LogP contribution in [0.2, 0.25) is 5.02 Å². The molecular formula is C9H10BrClO3S. The van der Waals surface area contributed by atoms with E-state index in [1.165, 1.54) is 0 Å². The molecule has 0 aromatic heterocycles. The van der Waals surface area contributed by atoms with Gasteiger partial charge in [-0.1, -0.05) is 33.6 Å². The summed E-state index contributed by atoms with van der Waals surface area (Å²) in [5.74, 6) is 0. The van der Waals surface area contributed by atoms with Gasteiger partial charge in [0.2, 0.25) is 0 Å². The summed E-state index contributed by atoms with van der Waals surface area (Å²) >= 11 is 9.21. The number of hydrogen-bond acceptors (Lipinski definition) is 3. The van der Waals surface area contributed by atoms with E-state index in [-0.39, 0.29) is 0 Å². The first-order valence-electron chi connectivity index (χ1n) is 4.13. The Balaban J connectivity index is 2.97. The molecule has 0 saturated carbocycles. The van der Waals surface area contributed by atoms with Crippen molar-refractivity contribution in [3.63, 3.8) is 0 Å². The van der Waals surface area contributed by atoms with E-state index < -0.39 is 16.2 Å². The van der Waals surface area contributed by atoms with Crippen LogP contribution in [0.4, 0.5) is 0 Å². The third-order valence-corrected chi connectivity index (χ3v) is 3.18. The van der Waals surface area contributed by atoms with Crippen molar-refractivity contribution in [2.24, 2.45) is 0 Å². The molecule has 1 atom stereocenters. The van der Waals surface area contributed by atoms with Crippen LogP contribution in [0.1, 0.15) is 18.6 Å². The minimum Gasteiger partial charge on any atom is -0.262 e. The molecule has 0 saturated heterocycles. The highest BCUT2D eigenvalue weighted by atomic mass is 79.9. The first kappa shape index (κ1) is 13.0. The summed E-state index contributed by atoms with van der Waals surface area (Å²) in [5, 5.41) is 0.473. The van der Waals surface area contributed by atoms with Crippen LogP contribution in [-0.2, 0) is 14.3 Å². The van der Waals surface area contributed by atoms with Gasteiger partial charge in [-0.3, -0.25) is 4.18 Å². The summed E-state index contributed by atoms with van der Waals surface area (Å²) in [6.45, 7) is 1.64. The fraction of sp³-hybridized carbons (Fsp3) is 0.333. The predicted molar refractivity (Wildman–Crippen MR) is 63.5 cm³/mol. The van der Waals surface area contributed by atoms with Crippen LogP contribution in [0.15, 0.2) is 22.7 Å². The molecule has 0 aliphatic rings. The van der Waals surface area contributed by atoms with E-state index in [4.69, 9.17) is 15.8 Å². The SMILES string of the molecule is CC(OS(C)(=O)=O)c1ccc(Br)cc1Cl. The maximum Gasteiger partial charge on any atom is 0.264 e. The second-order valence-electron chi connectivity index (χ2n) is 3.11. The van der Waals surface area contributed by atoms with E-state index in [0.29, 0.717) is 10.6 Å². The topological polar surface area (TPSA) is 43.4 Å². The second kappa shape index (κ2) is 4.82. The van der Waals surface area contributed by atoms with Crippen molar-refractivity contribution in [3.8, 4) is 0 Å². The van der Waals surface area contributed by atoms with E-state index >= 15 is 0 Å². The molecular weight excluding hydrogens is 304 g/mol. The molecule has 1 aromatic rings. The zero-order chi connectivity index (χ0) is 11.6. The van der Waals surface area contributed by atoms with Crippen LogP contribution < -0.4 is 0 Å². The zero-order valence-corrected chi connectivity index (χ0v) is 11.4. The molecule has 0 bridgehead atoms. The van der Waals surface area contributed by atoms with Crippen molar-refractivity contribution >= 4 is 37.6 Å². The van der Waals surface area contributed by atoms with Gasteiger partial charge in [0.1, 0.15) is 6.10 Å². The van der Waals surface area contributed by atoms with Crippen molar-refractivity contribution in [1.82, 2.24) is 0 Å². The van der Waals surface area contributed by atoms with Crippen LogP contribution in [0.3, 0.4) is 0 Å². The first-order chi connectivity index (χ1) is 6.79. The number of rotatable bonds is 3. The van der Waals surface area contributed by atoms with Crippen LogP contribution >= 0.6 is 27.5 Å². The monoisotopic (exact) mass is 312 g/mol. The minimum atomic E-state index is -3.47. The van der Waals surface area contributed by atoms with E-state index in [1.54, 1.807) is 25.1 Å². The predicted octanol–water partition coefficient (Wildman–Crippen LogP) is 3.14. The molecule has 3 nitrogen and oxygen atoms in total. The Labute approximate surface area is 103 Å². The summed E-state index contributed by atoms with van der Waals surface area (Å²) in [6, 6.07) is 5.20. The average Bonchev–Trinajstić information content (AvgIpc) is 1.99. The standard InChI is InChI=1S/C9H10BrClO3S/c1-6(14-15(2,12)13)8-4-3-7(10)5-9(8)11/h3-6H,1-2H3. The van der Waals surface area contributed by atoms with Crippen molar-refractivity contribution < 1.29 is 12.6 Å². The van der Waals surface area contributed by atoms with Crippen LogP contribution in [0.5, 0.6) is 0 Å². The fourth-order valence-electron chi connectivity index (χ4n) is 1.15. The molecule has 0 fully saturated rings. The molecule has 15 heavy (non-hydrogen) atoms. The Hall–Kier alpha value is -0.100. The summed E-state index contributed by atoms with van der Waals surface area (Å²) in [4.78, 5) is 0. The van der Waals surface area contributed by atoms with E-state index in [2.05, 4.69) is 15.9 Å². The lowest BCUT2D eigenvalue weighted by molar-refractivity contribution is 0.237. The van der Waals surface area contributed by atoms with Gasteiger partial charge < -0.3 is 0 Å². The molecule has 1 unspecified atom stereocenters. The van der Waals surface area contributed by atoms with Crippen LogP contribution in [0, 0.1) is 0 Å². The lowest BCUT2D eigenvalue weighted by Gasteiger charge is -2.12. The van der Waals surface area contributed by atoms with Crippen LogP contribution in [-0.4, -0.2) is 14.7 Å². The zero-order valence-electron chi connectivity index (χ0n) is 8.20. The molecule has 0 aliphatic heterocycles. The third-order valence-electron chi connectivity index (χ3n) is 1.72. The Kier molecular flexibility index (Phi) is 4.17. The maximum atomic E-state index is 10.9. The summed E-state index contributed by atoms with van der Waals surface area (Å²) in [6.07, 6.45) is 0.427. The maximum absolute atomic E-state index is 10.9. The normalized spacial score (nSPS) is 13.9. The highest BCUT2D eigenvalue weighted by Gasteiger charge is 2.15. The van der Waals surface area contributed by atoms with Gasteiger partial charge in [-0.25, -0.2) is 0 Å². The molecule has 6 heteroatoms. The lowest BCUT2D eigenvalue weighted by atomic mass is 10.1. The molecule has 0 amide bonds. The smallest absolute Gasteiger partial charge is 0.262 e. The number of hydrogen-bond donors (Lipinski definition) is 0. The van der Waals surface area contributed by atoms with Crippen molar-refractivity contribution in [3.05, 3.63) is 33.3 Å². The molecule has 1 rings (SSSR count). The summed E-state index contributed by atoms with van der Waals surface area (Å²) < 4.78 is 27.5. The van der Waals surface area contributed by atoms with E-state index in [9.17, 15) is 8.42 Å². The molecule has 0 spiro atoms. The highest BCUT2D eigenvalue weighted by molar-refractivity contribution is 9.10. The van der Waals surface area contributed by atoms with Gasteiger partial charge in [0, 0.05) is 15.1 Å². The Morgan fingerprint density at radius 3 is 2.53 bits per heavy atom. The van der Waals surface area contributed by atoms with Gasteiger partial charge in [0.15, 0.2) is 0 Å². The van der Waals surface area contributed by atoms with Gasteiger partial charge in [-0.15, -0.1) is 0 Å². The van der Waals surface area contributed by atoms with Gasteiger partial charge >= 0.3 is 0 Å². The van der Waals surface area contributed by atoms with Gasteiger partial charge in [-0.2, -0.15) is 8.42 Å². The van der Waals surface area contributed by atoms with E-state index in [1.807, 2.05) is 0 Å². The number of halogens is 2. The van der Waals surface area contributed by atoms with Gasteiger partial charge in [0.25, 0.3) is 10.1 Å². The largest absolute Gasteiger partial charge is 0.264 e. The lowest BCUT2D eigenvalue weighted by Crippen LogP contribution is -2.07. The Morgan fingerprint density at radius 1 is 1.47 bits per heavy atom. The van der Waals surface area contributed by atoms with Gasteiger partial charge in [-0.05, 0) is 19.1 Å². The van der Waals surface area contributed by atoms with Crippen LogP contribution in [0.25, 0.3) is 0 Å². The summed E-state index contributed by atoms with van der Waals surface area (Å²) in [7, 11) is -3.47. The van der Waals surface area contributed by atoms with Crippen molar-refractivity contribution in [2.45, 2.75) is 13.0 Å². The molecule has 1 aromatic carbocycles. The Bertz CT molecular complexity index is 458. The second-order valence-corrected chi connectivity index (χ2v) is 6.03. The van der Waals surface area contributed by atoms with Gasteiger partial charge in [0.05, 0.1) is 6.26 Å². The average molecular weight is 314 g/mol. The third kappa shape index (κ3) is 4.10. The van der Waals surface area contributed by atoms with E-state index in [0.717, 1.165) is 10.7 Å². The Morgan fingerprint density at radius 2 is 2.07 bits per heavy atom. The van der Waals surface area contributed by atoms with Crippen molar-refractivity contribution in [1.29, 1.82) is 0 Å². The van der Waals surface area contributed by atoms with Crippen molar-refractivity contribution in [2.75, 3.05) is 6.26 Å². The summed E-state index contributed by atoms with van der Waals surface area (Å²) in [5.41, 5.74) is 0.644. The molecule has 0 N–H and O–H groups in total. The molecule has 0 heterocycles. The highest BCUT2D eigenvalue weighted by Crippen LogP contribution is 2.28. The molecule has 84 valence electrons. The molecule has 0 aliphatic carbocycles. The fourth-order valence-corrected chi connectivity index (χ4v) is 2.60.